The van der Waals surface area contributed by atoms with Crippen LogP contribution in [0.15, 0.2) is 24.5 Å². The number of aromatic amines is 1. The van der Waals surface area contributed by atoms with Crippen molar-refractivity contribution in [3.63, 3.8) is 0 Å². The first-order chi connectivity index (χ1) is 11.3. The maximum absolute atomic E-state index is 5.62. The fourth-order valence-corrected chi connectivity index (χ4v) is 3.17. The Morgan fingerprint density at radius 3 is 2.78 bits per heavy atom. The van der Waals surface area contributed by atoms with E-state index in [0.717, 1.165) is 59.7 Å². The second kappa shape index (κ2) is 5.70. The van der Waals surface area contributed by atoms with Crippen LogP contribution >= 0.6 is 0 Å². The van der Waals surface area contributed by atoms with Crippen molar-refractivity contribution < 1.29 is 4.74 Å². The van der Waals surface area contributed by atoms with Crippen LogP contribution in [-0.2, 0) is 0 Å². The summed E-state index contributed by atoms with van der Waals surface area (Å²) >= 11 is 0. The third kappa shape index (κ3) is 2.49. The van der Waals surface area contributed by atoms with E-state index in [1.54, 1.807) is 6.33 Å². The van der Waals surface area contributed by atoms with Gasteiger partial charge in [0, 0.05) is 37.1 Å². The molecule has 1 aromatic carbocycles. The number of H-pyrrole nitrogens is 1. The van der Waals surface area contributed by atoms with E-state index in [-0.39, 0.29) is 0 Å². The first kappa shape index (κ1) is 14.3. The van der Waals surface area contributed by atoms with Gasteiger partial charge in [-0.15, -0.1) is 0 Å². The number of ether oxygens (including phenoxy) is 1. The van der Waals surface area contributed by atoms with E-state index in [9.17, 15) is 0 Å². The van der Waals surface area contributed by atoms with Gasteiger partial charge in [0.1, 0.15) is 23.1 Å². The molecule has 0 spiro atoms. The van der Waals surface area contributed by atoms with Crippen LogP contribution in [0.4, 0.5) is 5.82 Å². The van der Waals surface area contributed by atoms with Crippen LogP contribution in [0.5, 0.6) is 5.75 Å². The second-order valence-electron chi connectivity index (χ2n) is 5.98. The minimum atomic E-state index is 0.662. The quantitative estimate of drug-likeness (QED) is 0.804. The lowest BCUT2D eigenvalue weighted by molar-refractivity contribution is 0.312. The van der Waals surface area contributed by atoms with E-state index in [0.29, 0.717) is 6.61 Å². The Morgan fingerprint density at radius 2 is 2.00 bits per heavy atom. The van der Waals surface area contributed by atoms with E-state index >= 15 is 0 Å². The van der Waals surface area contributed by atoms with Crippen LogP contribution < -0.4 is 9.64 Å². The second-order valence-corrected chi connectivity index (χ2v) is 5.98. The largest absolute Gasteiger partial charge is 0.494 e. The fraction of sp³-hybridized carbons (Fsp3) is 0.412. The van der Waals surface area contributed by atoms with E-state index in [2.05, 4.69) is 43.9 Å². The van der Waals surface area contributed by atoms with Crippen molar-refractivity contribution in [1.29, 1.82) is 0 Å². The number of rotatable bonds is 3. The Hall–Kier alpha value is -2.34. The number of nitrogens with zero attached hydrogens (tertiary/aromatic N) is 4. The Bertz CT molecular complexity index is 835. The van der Waals surface area contributed by atoms with Crippen molar-refractivity contribution in [1.82, 2.24) is 19.9 Å². The van der Waals surface area contributed by atoms with Gasteiger partial charge in [0.05, 0.1) is 6.61 Å². The molecule has 6 nitrogen and oxygen atoms in total. The molecule has 23 heavy (non-hydrogen) atoms. The van der Waals surface area contributed by atoms with Crippen molar-refractivity contribution in [3.8, 4) is 5.75 Å². The highest BCUT2D eigenvalue weighted by molar-refractivity contribution is 6.08. The third-order valence-corrected chi connectivity index (χ3v) is 4.45. The number of piperazine rings is 1. The van der Waals surface area contributed by atoms with Gasteiger partial charge in [-0.2, -0.15) is 0 Å². The molecular weight excluding hydrogens is 290 g/mol. The molecule has 3 aromatic rings. The van der Waals surface area contributed by atoms with Gasteiger partial charge >= 0.3 is 0 Å². The minimum absolute atomic E-state index is 0.662. The summed E-state index contributed by atoms with van der Waals surface area (Å²) in [4.78, 5) is 17.2. The molecule has 0 atom stereocenters. The van der Waals surface area contributed by atoms with Crippen LogP contribution in [0.2, 0.25) is 0 Å². The summed E-state index contributed by atoms with van der Waals surface area (Å²) in [7, 11) is 2.16. The summed E-state index contributed by atoms with van der Waals surface area (Å²) < 4.78 is 5.62. The molecule has 0 aliphatic carbocycles. The third-order valence-electron chi connectivity index (χ3n) is 4.45. The standard InChI is InChI=1S/C17H21N5O/c1-3-23-12-4-5-14-13(10-12)15-16(20-14)17(19-11-18-15)22-8-6-21(2)7-9-22/h4-5,10-11,20H,3,6-9H2,1-2H3. The Kier molecular flexibility index (Phi) is 3.53. The molecule has 2 aromatic heterocycles. The molecule has 1 saturated heterocycles. The molecule has 1 fully saturated rings. The highest BCUT2D eigenvalue weighted by atomic mass is 16.5. The average Bonchev–Trinajstić information content (AvgIpc) is 2.94. The zero-order chi connectivity index (χ0) is 15.8. The number of fused-ring (bicyclic) bond motifs is 3. The molecule has 1 aliphatic heterocycles. The number of aromatic nitrogens is 3. The molecule has 0 amide bonds. The normalized spacial score (nSPS) is 16.3. The van der Waals surface area contributed by atoms with Crippen LogP contribution in [-0.4, -0.2) is 59.7 Å². The summed E-state index contributed by atoms with van der Waals surface area (Å²) in [6.45, 7) is 6.74. The maximum Gasteiger partial charge on any atom is 0.156 e. The van der Waals surface area contributed by atoms with E-state index < -0.39 is 0 Å². The zero-order valence-electron chi connectivity index (χ0n) is 13.5. The van der Waals surface area contributed by atoms with Crippen molar-refractivity contribution in [2.24, 2.45) is 0 Å². The Labute approximate surface area is 135 Å². The van der Waals surface area contributed by atoms with Crippen molar-refractivity contribution in [2.75, 3.05) is 44.7 Å². The summed E-state index contributed by atoms with van der Waals surface area (Å²) in [5.74, 6) is 1.87. The lowest BCUT2D eigenvalue weighted by Gasteiger charge is -2.33. The Balaban J connectivity index is 1.82. The average molecular weight is 311 g/mol. The SMILES string of the molecule is CCOc1ccc2[nH]c3c(N4CCN(C)CC4)ncnc3c2c1. The van der Waals surface area contributed by atoms with Gasteiger partial charge in [-0.25, -0.2) is 9.97 Å². The predicted molar refractivity (Wildman–Crippen MR) is 92.3 cm³/mol. The van der Waals surface area contributed by atoms with Crippen molar-refractivity contribution >= 4 is 27.8 Å². The molecule has 4 rings (SSSR count). The summed E-state index contributed by atoms with van der Waals surface area (Å²) in [5.41, 5.74) is 3.05. The van der Waals surface area contributed by atoms with Gasteiger partial charge in [-0.3, -0.25) is 0 Å². The van der Waals surface area contributed by atoms with Crippen molar-refractivity contribution in [3.05, 3.63) is 24.5 Å². The van der Waals surface area contributed by atoms with Gasteiger partial charge in [0.15, 0.2) is 5.82 Å². The number of hydrogen-bond donors (Lipinski definition) is 1. The molecular formula is C17H21N5O. The highest BCUT2D eigenvalue weighted by Crippen LogP contribution is 2.31. The predicted octanol–water partition coefficient (Wildman–Crippen LogP) is 2.26. The molecule has 0 radical (unpaired) electrons. The summed E-state index contributed by atoms with van der Waals surface area (Å²) in [6, 6.07) is 6.10. The van der Waals surface area contributed by atoms with Gasteiger partial charge in [0.2, 0.25) is 0 Å². The summed E-state index contributed by atoms with van der Waals surface area (Å²) in [6.07, 6.45) is 1.66. The molecule has 0 unspecified atom stereocenters. The minimum Gasteiger partial charge on any atom is -0.494 e. The monoisotopic (exact) mass is 311 g/mol. The number of benzene rings is 1. The number of likely N-dealkylation sites (N-methyl/N-ethyl adjacent to an activating group) is 1. The molecule has 6 heteroatoms. The topological polar surface area (TPSA) is 57.3 Å². The zero-order valence-corrected chi connectivity index (χ0v) is 13.5. The molecule has 1 aliphatic rings. The van der Waals surface area contributed by atoms with Crippen LogP contribution in [0.1, 0.15) is 6.92 Å². The smallest absolute Gasteiger partial charge is 0.156 e. The molecule has 3 heterocycles. The van der Waals surface area contributed by atoms with E-state index in [1.807, 2.05) is 13.0 Å². The summed E-state index contributed by atoms with van der Waals surface area (Å²) in [5, 5.41) is 1.09. The van der Waals surface area contributed by atoms with Crippen molar-refractivity contribution in [2.45, 2.75) is 6.92 Å². The van der Waals surface area contributed by atoms with Crippen LogP contribution in [0.3, 0.4) is 0 Å². The lowest BCUT2D eigenvalue weighted by atomic mass is 10.2. The number of hydrogen-bond acceptors (Lipinski definition) is 5. The first-order valence-electron chi connectivity index (χ1n) is 8.09. The van der Waals surface area contributed by atoms with Gasteiger partial charge in [0.25, 0.3) is 0 Å². The lowest BCUT2D eigenvalue weighted by Crippen LogP contribution is -2.44. The van der Waals surface area contributed by atoms with Crippen LogP contribution in [0, 0.1) is 0 Å². The van der Waals surface area contributed by atoms with Gasteiger partial charge < -0.3 is 19.5 Å². The highest BCUT2D eigenvalue weighted by Gasteiger charge is 2.19. The van der Waals surface area contributed by atoms with Gasteiger partial charge in [-0.05, 0) is 32.2 Å². The van der Waals surface area contributed by atoms with Crippen LogP contribution in [0.25, 0.3) is 21.9 Å². The number of anilines is 1. The molecule has 0 saturated carbocycles. The van der Waals surface area contributed by atoms with E-state index in [4.69, 9.17) is 4.74 Å². The van der Waals surface area contributed by atoms with E-state index in [1.165, 1.54) is 0 Å². The first-order valence-corrected chi connectivity index (χ1v) is 8.09. The number of nitrogens with one attached hydrogen (secondary N) is 1. The molecule has 0 bridgehead atoms. The Morgan fingerprint density at radius 1 is 1.17 bits per heavy atom. The molecule has 120 valence electrons. The molecule has 1 N–H and O–H groups in total. The fourth-order valence-electron chi connectivity index (χ4n) is 3.17. The van der Waals surface area contributed by atoms with Gasteiger partial charge in [-0.1, -0.05) is 0 Å². The maximum atomic E-state index is 5.62.